The molecule has 0 fully saturated rings. The first-order chi connectivity index (χ1) is 7.25. The van der Waals surface area contributed by atoms with Crippen LogP contribution in [0.1, 0.15) is 28.9 Å². The predicted molar refractivity (Wildman–Crippen MR) is 64.5 cm³/mol. The molecule has 0 atom stereocenters. The average Bonchev–Trinajstić information content (AvgIpc) is 2.76. The van der Waals surface area contributed by atoms with E-state index in [1.807, 2.05) is 7.05 Å². The number of carbonyl (C=O) groups is 1. The number of hydrogen-bond donors (Lipinski definition) is 0. The summed E-state index contributed by atoms with van der Waals surface area (Å²) in [5.74, 6) is 0.0174. The van der Waals surface area contributed by atoms with Gasteiger partial charge in [0.2, 0.25) is 0 Å². The highest BCUT2D eigenvalue weighted by Gasteiger charge is 2.12. The second-order valence-electron chi connectivity index (χ2n) is 3.26. The van der Waals surface area contributed by atoms with Crippen molar-refractivity contribution in [3.8, 4) is 0 Å². The van der Waals surface area contributed by atoms with Crippen molar-refractivity contribution >= 4 is 33.4 Å². The Balaban J connectivity index is 2.28. The molecule has 0 saturated heterocycles. The molecule has 0 unspecified atom stereocenters. The van der Waals surface area contributed by atoms with Crippen LogP contribution >= 0.6 is 27.5 Å². The normalized spacial score (nSPS) is 10.3. The van der Waals surface area contributed by atoms with Crippen molar-refractivity contribution < 1.29 is 4.79 Å². The van der Waals surface area contributed by atoms with Crippen LogP contribution in [-0.4, -0.2) is 39.3 Å². The third kappa shape index (κ3) is 4.25. The molecule has 1 heterocycles. The highest BCUT2D eigenvalue weighted by molar-refractivity contribution is 9.09. The maximum absolute atomic E-state index is 11.7. The van der Waals surface area contributed by atoms with Gasteiger partial charge in [0.25, 0.3) is 5.91 Å². The standard InChI is InChI=1S/C9H14BrN3OS/c1-13(6-4-2-3-5-10)9(14)8-7-11-12-15-8/h7H,2-6H2,1H3. The van der Waals surface area contributed by atoms with E-state index in [1.165, 1.54) is 6.20 Å². The Hall–Kier alpha value is -0.490. The van der Waals surface area contributed by atoms with Gasteiger partial charge >= 0.3 is 0 Å². The van der Waals surface area contributed by atoms with Crippen LogP contribution in [0.15, 0.2) is 6.20 Å². The molecule has 0 spiro atoms. The number of hydrogen-bond acceptors (Lipinski definition) is 4. The quantitative estimate of drug-likeness (QED) is 0.596. The lowest BCUT2D eigenvalue weighted by Crippen LogP contribution is -2.27. The van der Waals surface area contributed by atoms with Crippen molar-refractivity contribution in [2.45, 2.75) is 19.3 Å². The van der Waals surface area contributed by atoms with Crippen LogP contribution in [0, 0.1) is 0 Å². The Morgan fingerprint density at radius 1 is 1.53 bits per heavy atom. The third-order valence-corrected chi connectivity index (χ3v) is 3.26. The summed E-state index contributed by atoms with van der Waals surface area (Å²) in [7, 11) is 1.82. The fraction of sp³-hybridized carbons (Fsp3) is 0.667. The Morgan fingerprint density at radius 2 is 2.33 bits per heavy atom. The lowest BCUT2D eigenvalue weighted by atomic mass is 10.2. The Morgan fingerprint density at radius 3 is 2.93 bits per heavy atom. The van der Waals surface area contributed by atoms with Gasteiger partial charge in [0.05, 0.1) is 6.20 Å². The van der Waals surface area contributed by atoms with E-state index in [9.17, 15) is 4.79 Å². The zero-order chi connectivity index (χ0) is 11.1. The molecule has 0 radical (unpaired) electrons. The first-order valence-electron chi connectivity index (χ1n) is 4.84. The monoisotopic (exact) mass is 291 g/mol. The van der Waals surface area contributed by atoms with Crippen LogP contribution in [0.3, 0.4) is 0 Å². The smallest absolute Gasteiger partial charge is 0.266 e. The summed E-state index contributed by atoms with van der Waals surface area (Å²) in [6, 6.07) is 0. The molecular formula is C9H14BrN3OS. The van der Waals surface area contributed by atoms with Gasteiger partial charge in [-0.25, -0.2) is 0 Å². The second-order valence-corrected chi connectivity index (χ2v) is 4.84. The van der Waals surface area contributed by atoms with E-state index in [0.29, 0.717) is 4.88 Å². The molecule has 1 aromatic rings. The maximum atomic E-state index is 11.7. The number of halogens is 1. The van der Waals surface area contributed by atoms with Gasteiger partial charge in [-0.05, 0) is 24.4 Å². The molecule has 0 aliphatic rings. The molecule has 15 heavy (non-hydrogen) atoms. The van der Waals surface area contributed by atoms with Gasteiger partial charge in [0.15, 0.2) is 0 Å². The molecule has 0 aliphatic carbocycles. The molecule has 1 amide bonds. The lowest BCUT2D eigenvalue weighted by Gasteiger charge is -2.15. The minimum Gasteiger partial charge on any atom is -0.341 e. The summed E-state index contributed by atoms with van der Waals surface area (Å²) in [5, 5.41) is 4.68. The van der Waals surface area contributed by atoms with Crippen LogP contribution in [-0.2, 0) is 0 Å². The topological polar surface area (TPSA) is 46.1 Å². The summed E-state index contributed by atoms with van der Waals surface area (Å²) < 4.78 is 3.67. The summed E-state index contributed by atoms with van der Waals surface area (Å²) in [6.07, 6.45) is 4.86. The Labute approximate surface area is 102 Å². The van der Waals surface area contributed by atoms with Crippen molar-refractivity contribution in [3.05, 3.63) is 11.1 Å². The molecule has 0 aromatic carbocycles. The van der Waals surface area contributed by atoms with Crippen molar-refractivity contribution in [1.29, 1.82) is 0 Å². The van der Waals surface area contributed by atoms with Crippen LogP contribution in [0.2, 0.25) is 0 Å². The van der Waals surface area contributed by atoms with Crippen molar-refractivity contribution in [2.75, 3.05) is 18.9 Å². The average molecular weight is 292 g/mol. The minimum atomic E-state index is 0.0174. The van der Waals surface area contributed by atoms with E-state index in [2.05, 4.69) is 25.5 Å². The van der Waals surface area contributed by atoms with Crippen LogP contribution in [0.25, 0.3) is 0 Å². The fourth-order valence-electron chi connectivity index (χ4n) is 1.17. The van der Waals surface area contributed by atoms with Gasteiger partial charge in [0.1, 0.15) is 4.88 Å². The van der Waals surface area contributed by atoms with Crippen LogP contribution in [0.4, 0.5) is 0 Å². The van der Waals surface area contributed by atoms with Gasteiger partial charge in [-0.15, -0.1) is 5.10 Å². The van der Waals surface area contributed by atoms with Gasteiger partial charge in [0, 0.05) is 18.9 Å². The zero-order valence-electron chi connectivity index (χ0n) is 8.65. The lowest BCUT2D eigenvalue weighted by molar-refractivity contribution is 0.0797. The minimum absolute atomic E-state index is 0.0174. The number of unbranched alkanes of at least 4 members (excludes halogenated alkanes) is 2. The summed E-state index contributed by atoms with van der Waals surface area (Å²) in [4.78, 5) is 14.1. The molecule has 0 N–H and O–H groups in total. The zero-order valence-corrected chi connectivity index (χ0v) is 11.1. The summed E-state index contributed by atoms with van der Waals surface area (Å²) in [5.41, 5.74) is 0. The summed E-state index contributed by atoms with van der Waals surface area (Å²) >= 11 is 4.52. The SMILES string of the molecule is CN(CCCCCBr)C(=O)c1cnns1. The molecular weight excluding hydrogens is 278 g/mol. The molecule has 84 valence electrons. The molecule has 0 saturated carbocycles. The van der Waals surface area contributed by atoms with Gasteiger partial charge in [-0.1, -0.05) is 26.8 Å². The molecule has 1 rings (SSSR count). The first-order valence-corrected chi connectivity index (χ1v) is 6.74. The van der Waals surface area contributed by atoms with Crippen LogP contribution in [0.5, 0.6) is 0 Å². The number of alkyl halides is 1. The fourth-order valence-corrected chi connectivity index (χ4v) is 2.08. The van der Waals surface area contributed by atoms with Crippen molar-refractivity contribution in [1.82, 2.24) is 14.5 Å². The van der Waals surface area contributed by atoms with E-state index >= 15 is 0 Å². The predicted octanol–water partition coefficient (Wildman–Crippen LogP) is 2.18. The van der Waals surface area contributed by atoms with Gasteiger partial charge in [-0.3, -0.25) is 4.79 Å². The van der Waals surface area contributed by atoms with Gasteiger partial charge in [-0.2, -0.15) is 0 Å². The second kappa shape index (κ2) is 6.90. The van der Waals surface area contributed by atoms with E-state index < -0.39 is 0 Å². The van der Waals surface area contributed by atoms with E-state index in [4.69, 9.17) is 0 Å². The number of rotatable bonds is 6. The molecule has 6 heteroatoms. The molecule has 4 nitrogen and oxygen atoms in total. The number of amides is 1. The number of aromatic nitrogens is 2. The molecule has 1 aromatic heterocycles. The summed E-state index contributed by atoms with van der Waals surface area (Å²) in [6.45, 7) is 0.795. The maximum Gasteiger partial charge on any atom is 0.266 e. The third-order valence-electron chi connectivity index (χ3n) is 2.05. The first kappa shape index (κ1) is 12.6. The van der Waals surface area contributed by atoms with Crippen molar-refractivity contribution in [3.63, 3.8) is 0 Å². The molecule has 0 aliphatic heterocycles. The Kier molecular flexibility index (Phi) is 5.78. The highest BCUT2D eigenvalue weighted by Crippen LogP contribution is 2.07. The number of carbonyl (C=O) groups excluding carboxylic acids is 1. The van der Waals surface area contributed by atoms with E-state index in [0.717, 1.165) is 42.7 Å². The number of nitrogens with zero attached hydrogens (tertiary/aromatic N) is 3. The van der Waals surface area contributed by atoms with Crippen LogP contribution < -0.4 is 0 Å². The van der Waals surface area contributed by atoms with Gasteiger partial charge < -0.3 is 4.90 Å². The Bertz CT molecular complexity index is 292. The molecule has 0 bridgehead atoms. The highest BCUT2D eigenvalue weighted by atomic mass is 79.9. The van der Waals surface area contributed by atoms with E-state index in [-0.39, 0.29) is 5.91 Å². The van der Waals surface area contributed by atoms with Crippen molar-refractivity contribution in [2.24, 2.45) is 0 Å². The van der Waals surface area contributed by atoms with E-state index in [1.54, 1.807) is 4.90 Å². The largest absolute Gasteiger partial charge is 0.341 e.